The Hall–Kier alpha value is -2.04. The number of hydrogen-bond donors (Lipinski definition) is 1. The summed E-state index contributed by atoms with van der Waals surface area (Å²) in [5.41, 5.74) is 3.31. The van der Waals surface area contributed by atoms with Crippen LogP contribution in [0.25, 0.3) is 11.0 Å². The number of aryl methyl sites for hydroxylation is 1. The Kier molecular flexibility index (Phi) is 4.83. The van der Waals surface area contributed by atoms with E-state index >= 15 is 0 Å². The molecule has 0 saturated heterocycles. The molecule has 2 rings (SSSR count). The van der Waals surface area contributed by atoms with Gasteiger partial charge in [-0.2, -0.15) is 0 Å². The smallest absolute Gasteiger partial charge is 0.407 e. The lowest BCUT2D eigenvalue weighted by atomic mass is 10.1. The van der Waals surface area contributed by atoms with E-state index in [9.17, 15) is 4.79 Å². The molecule has 1 aromatic heterocycles. The first kappa shape index (κ1) is 15.4. The van der Waals surface area contributed by atoms with E-state index in [1.807, 2.05) is 7.05 Å². The Labute approximate surface area is 125 Å². The normalized spacial score (nSPS) is 11.1. The zero-order valence-corrected chi connectivity index (χ0v) is 13.1. The molecule has 0 spiro atoms. The minimum absolute atomic E-state index is 0.362. The monoisotopic (exact) mass is 289 g/mol. The third-order valence-corrected chi connectivity index (χ3v) is 3.45. The lowest BCUT2D eigenvalue weighted by Crippen LogP contribution is -2.26. The maximum Gasteiger partial charge on any atom is 0.407 e. The highest BCUT2D eigenvalue weighted by Crippen LogP contribution is 2.21. The number of carbonyl (C=O) groups excluding carboxylic acids is 1. The average molecular weight is 289 g/mol. The Bertz CT molecular complexity index is 632. The molecule has 0 bridgehead atoms. The third kappa shape index (κ3) is 3.54. The van der Waals surface area contributed by atoms with Crippen molar-refractivity contribution in [3.63, 3.8) is 0 Å². The van der Waals surface area contributed by atoms with Crippen LogP contribution in [0.1, 0.15) is 38.1 Å². The summed E-state index contributed by atoms with van der Waals surface area (Å²) in [6.07, 6.45) is 0.404. The van der Waals surface area contributed by atoms with E-state index in [1.54, 1.807) is 6.92 Å². The number of hydrogen-bond acceptors (Lipinski definition) is 3. The van der Waals surface area contributed by atoms with Crippen molar-refractivity contribution in [1.29, 1.82) is 0 Å². The molecule has 0 aliphatic rings. The van der Waals surface area contributed by atoms with Crippen molar-refractivity contribution in [1.82, 2.24) is 14.9 Å². The molecule has 1 aromatic carbocycles. The summed E-state index contributed by atoms with van der Waals surface area (Å²) in [6, 6.07) is 6.27. The second-order valence-corrected chi connectivity index (χ2v) is 5.40. The number of benzene rings is 1. The molecule has 1 amide bonds. The summed E-state index contributed by atoms with van der Waals surface area (Å²) < 4.78 is 6.97. The van der Waals surface area contributed by atoms with Crippen LogP contribution in [-0.4, -0.2) is 28.8 Å². The molecule has 0 unspecified atom stereocenters. The summed E-state index contributed by atoms with van der Waals surface area (Å²) in [4.78, 5) is 15.9. The van der Waals surface area contributed by atoms with Gasteiger partial charge in [-0.15, -0.1) is 0 Å². The van der Waals surface area contributed by atoms with Gasteiger partial charge in [-0.05, 0) is 31.0 Å². The highest BCUT2D eigenvalue weighted by Gasteiger charge is 2.11. The second-order valence-electron chi connectivity index (χ2n) is 5.40. The topological polar surface area (TPSA) is 56.1 Å². The Morgan fingerprint density at radius 2 is 2.19 bits per heavy atom. The minimum atomic E-state index is -0.362. The first-order chi connectivity index (χ1) is 10.0. The van der Waals surface area contributed by atoms with Gasteiger partial charge in [0.15, 0.2) is 0 Å². The zero-order chi connectivity index (χ0) is 15.4. The van der Waals surface area contributed by atoms with Crippen molar-refractivity contribution in [3.05, 3.63) is 29.6 Å². The van der Waals surface area contributed by atoms with E-state index in [-0.39, 0.29) is 6.09 Å². The van der Waals surface area contributed by atoms with E-state index < -0.39 is 0 Å². The predicted molar refractivity (Wildman–Crippen MR) is 83.5 cm³/mol. The number of nitrogens with zero attached hydrogens (tertiary/aromatic N) is 2. The highest BCUT2D eigenvalue weighted by molar-refractivity contribution is 5.77. The molecule has 5 heteroatoms. The van der Waals surface area contributed by atoms with Gasteiger partial charge in [0, 0.05) is 19.5 Å². The summed E-state index contributed by atoms with van der Waals surface area (Å²) in [7, 11) is 2.05. The van der Waals surface area contributed by atoms with Gasteiger partial charge in [0.1, 0.15) is 5.82 Å². The summed E-state index contributed by atoms with van der Waals surface area (Å²) in [6.45, 7) is 7.04. The Morgan fingerprint density at radius 1 is 1.43 bits per heavy atom. The van der Waals surface area contributed by atoms with Crippen molar-refractivity contribution in [2.24, 2.45) is 7.05 Å². The maximum absolute atomic E-state index is 11.2. The van der Waals surface area contributed by atoms with Crippen LogP contribution in [-0.2, 0) is 18.2 Å². The third-order valence-electron chi connectivity index (χ3n) is 3.45. The minimum Gasteiger partial charge on any atom is -0.450 e. The van der Waals surface area contributed by atoms with Crippen LogP contribution in [0.4, 0.5) is 4.79 Å². The SMILES string of the molecule is CCOC(=O)NCCc1ccc2c(c1)nc(C(C)C)n2C. The van der Waals surface area contributed by atoms with Gasteiger partial charge in [-0.3, -0.25) is 0 Å². The summed E-state index contributed by atoms with van der Waals surface area (Å²) >= 11 is 0. The Morgan fingerprint density at radius 3 is 2.86 bits per heavy atom. The number of fused-ring (bicyclic) bond motifs is 1. The number of nitrogens with one attached hydrogen (secondary N) is 1. The number of alkyl carbamates (subject to hydrolysis) is 1. The molecule has 2 aromatic rings. The molecule has 5 nitrogen and oxygen atoms in total. The van der Waals surface area contributed by atoms with Gasteiger partial charge in [-0.25, -0.2) is 9.78 Å². The van der Waals surface area contributed by atoms with Crippen LogP contribution >= 0.6 is 0 Å². The van der Waals surface area contributed by atoms with Crippen molar-refractivity contribution >= 4 is 17.1 Å². The average Bonchev–Trinajstić information content (AvgIpc) is 2.76. The fourth-order valence-corrected chi connectivity index (χ4v) is 2.43. The predicted octanol–water partition coefficient (Wildman–Crippen LogP) is 2.99. The van der Waals surface area contributed by atoms with Gasteiger partial charge in [0.25, 0.3) is 0 Å². The molecule has 0 fully saturated rings. The Balaban J connectivity index is 2.07. The van der Waals surface area contributed by atoms with E-state index in [2.05, 4.69) is 41.9 Å². The standard InChI is InChI=1S/C16H23N3O2/c1-5-21-16(20)17-9-8-12-6-7-14-13(10-12)18-15(11(2)3)19(14)4/h6-7,10-11H,5,8-9H2,1-4H3,(H,17,20). The molecular weight excluding hydrogens is 266 g/mol. The van der Waals surface area contributed by atoms with E-state index in [4.69, 9.17) is 9.72 Å². The molecule has 0 saturated carbocycles. The van der Waals surface area contributed by atoms with Crippen LogP contribution < -0.4 is 5.32 Å². The van der Waals surface area contributed by atoms with Crippen LogP contribution in [0, 0.1) is 0 Å². The highest BCUT2D eigenvalue weighted by atomic mass is 16.5. The molecule has 0 atom stereocenters. The number of aromatic nitrogens is 2. The van der Waals surface area contributed by atoms with Crippen LogP contribution in [0.15, 0.2) is 18.2 Å². The number of ether oxygens (including phenoxy) is 1. The fourth-order valence-electron chi connectivity index (χ4n) is 2.43. The van der Waals surface area contributed by atoms with Crippen molar-refractivity contribution in [2.45, 2.75) is 33.1 Å². The zero-order valence-electron chi connectivity index (χ0n) is 13.1. The largest absolute Gasteiger partial charge is 0.450 e. The van der Waals surface area contributed by atoms with Crippen molar-refractivity contribution < 1.29 is 9.53 Å². The lowest BCUT2D eigenvalue weighted by Gasteiger charge is -2.06. The lowest BCUT2D eigenvalue weighted by molar-refractivity contribution is 0.152. The molecule has 114 valence electrons. The molecule has 21 heavy (non-hydrogen) atoms. The first-order valence-corrected chi connectivity index (χ1v) is 7.38. The quantitative estimate of drug-likeness (QED) is 0.920. The van der Waals surface area contributed by atoms with Gasteiger partial charge >= 0.3 is 6.09 Å². The van der Waals surface area contributed by atoms with Gasteiger partial charge < -0.3 is 14.6 Å². The molecule has 1 N–H and O–H groups in total. The number of imidazole rings is 1. The maximum atomic E-state index is 11.2. The van der Waals surface area contributed by atoms with E-state index in [0.29, 0.717) is 19.1 Å². The number of carbonyl (C=O) groups is 1. The molecular formula is C16H23N3O2. The van der Waals surface area contributed by atoms with Crippen LogP contribution in [0.5, 0.6) is 0 Å². The van der Waals surface area contributed by atoms with Gasteiger partial charge in [0.05, 0.1) is 17.6 Å². The van der Waals surface area contributed by atoms with Crippen molar-refractivity contribution in [3.8, 4) is 0 Å². The van der Waals surface area contributed by atoms with Crippen LogP contribution in [0.2, 0.25) is 0 Å². The van der Waals surface area contributed by atoms with Gasteiger partial charge in [0.2, 0.25) is 0 Å². The summed E-state index contributed by atoms with van der Waals surface area (Å²) in [5, 5.41) is 2.73. The van der Waals surface area contributed by atoms with E-state index in [1.165, 1.54) is 0 Å². The molecule has 1 heterocycles. The second kappa shape index (κ2) is 6.61. The van der Waals surface area contributed by atoms with Crippen molar-refractivity contribution in [2.75, 3.05) is 13.2 Å². The fraction of sp³-hybridized carbons (Fsp3) is 0.500. The molecule has 0 aliphatic heterocycles. The molecule has 0 aliphatic carbocycles. The number of amides is 1. The molecule has 0 radical (unpaired) electrons. The first-order valence-electron chi connectivity index (χ1n) is 7.38. The van der Waals surface area contributed by atoms with Gasteiger partial charge in [-0.1, -0.05) is 19.9 Å². The van der Waals surface area contributed by atoms with E-state index in [0.717, 1.165) is 28.8 Å². The number of rotatable bonds is 5. The summed E-state index contributed by atoms with van der Waals surface area (Å²) in [5.74, 6) is 1.49. The van der Waals surface area contributed by atoms with Crippen LogP contribution in [0.3, 0.4) is 0 Å².